The molecule has 1 aliphatic rings. The van der Waals surface area contributed by atoms with Gasteiger partial charge in [-0.05, 0) is 0 Å². The molecule has 0 bridgehead atoms. The summed E-state index contributed by atoms with van der Waals surface area (Å²) >= 11 is 0. The second-order valence-electron chi connectivity index (χ2n) is 3.27. The first-order valence-electron chi connectivity index (χ1n) is 4.62. The predicted molar refractivity (Wildman–Crippen MR) is 49.1 cm³/mol. The number of ether oxygens (including phenoxy) is 4. The summed E-state index contributed by atoms with van der Waals surface area (Å²) in [4.78, 5) is 10.9. The van der Waals surface area contributed by atoms with Crippen LogP contribution in [0.15, 0.2) is 0 Å². The molecule has 88 valence electrons. The molecule has 0 spiro atoms. The Kier molecular flexibility index (Phi) is 4.46. The van der Waals surface area contributed by atoms with Gasteiger partial charge in [0, 0.05) is 21.1 Å². The fourth-order valence-electron chi connectivity index (χ4n) is 1.54. The van der Waals surface area contributed by atoms with Gasteiger partial charge in [-0.15, -0.1) is 0 Å². The molecule has 0 unspecified atom stereocenters. The highest BCUT2D eigenvalue weighted by molar-refractivity contribution is 5.66. The van der Waals surface area contributed by atoms with E-state index >= 15 is 0 Å². The van der Waals surface area contributed by atoms with Gasteiger partial charge in [0.1, 0.15) is 12.2 Å². The lowest BCUT2D eigenvalue weighted by molar-refractivity contribution is -0.267. The summed E-state index contributed by atoms with van der Waals surface area (Å²) in [7, 11) is 2.89. The van der Waals surface area contributed by atoms with Gasteiger partial charge in [0.05, 0.1) is 6.61 Å². The molecule has 0 saturated carbocycles. The van der Waals surface area contributed by atoms with Gasteiger partial charge in [-0.25, -0.2) is 0 Å². The second kappa shape index (κ2) is 5.41. The number of methoxy groups -OCH3 is 2. The molecule has 6 nitrogen and oxygen atoms in total. The number of aliphatic hydroxyl groups excluding tert-OH is 1. The van der Waals surface area contributed by atoms with E-state index in [1.807, 2.05) is 0 Å². The lowest BCUT2D eigenvalue weighted by atomic mass is 10.0. The first-order valence-corrected chi connectivity index (χ1v) is 4.62. The van der Waals surface area contributed by atoms with Crippen LogP contribution in [-0.2, 0) is 23.7 Å². The zero-order valence-electron chi connectivity index (χ0n) is 9.00. The Bertz CT molecular complexity index is 219. The first-order chi connectivity index (χ1) is 7.10. The standard InChI is InChI=1S/C9H16O6/c1-5(10)15-7-6(12-2)4-14-9(11)8(7)13-3/h6-9,11H,4H2,1-3H3/t6-,7+,8-,9+/m1/s1. The molecule has 15 heavy (non-hydrogen) atoms. The maximum absolute atomic E-state index is 10.9. The van der Waals surface area contributed by atoms with E-state index in [0.29, 0.717) is 0 Å². The van der Waals surface area contributed by atoms with Crippen LogP contribution < -0.4 is 0 Å². The molecule has 0 aromatic rings. The molecule has 1 N–H and O–H groups in total. The minimum absolute atomic E-state index is 0.162. The van der Waals surface area contributed by atoms with Crippen molar-refractivity contribution in [1.29, 1.82) is 0 Å². The minimum Gasteiger partial charge on any atom is -0.457 e. The molecule has 1 rings (SSSR count). The third-order valence-corrected chi connectivity index (χ3v) is 2.28. The van der Waals surface area contributed by atoms with Crippen molar-refractivity contribution in [3.05, 3.63) is 0 Å². The van der Waals surface area contributed by atoms with Crippen LogP contribution in [0.3, 0.4) is 0 Å². The fourth-order valence-corrected chi connectivity index (χ4v) is 1.54. The van der Waals surface area contributed by atoms with Crippen LogP contribution in [-0.4, -0.2) is 56.5 Å². The zero-order chi connectivity index (χ0) is 11.4. The topological polar surface area (TPSA) is 74.2 Å². The van der Waals surface area contributed by atoms with Gasteiger partial charge in [-0.1, -0.05) is 0 Å². The molecular formula is C9H16O6. The molecule has 0 amide bonds. The Morgan fingerprint density at radius 3 is 2.47 bits per heavy atom. The molecule has 0 aliphatic carbocycles. The van der Waals surface area contributed by atoms with Crippen LogP contribution in [0.4, 0.5) is 0 Å². The molecule has 4 atom stereocenters. The summed E-state index contributed by atoms with van der Waals surface area (Å²) in [6.07, 6.45) is -2.91. The van der Waals surface area contributed by atoms with Crippen molar-refractivity contribution in [1.82, 2.24) is 0 Å². The van der Waals surface area contributed by atoms with E-state index in [0.717, 1.165) is 0 Å². The molecule has 0 radical (unpaired) electrons. The summed E-state index contributed by atoms with van der Waals surface area (Å²) in [6.45, 7) is 1.46. The third-order valence-electron chi connectivity index (χ3n) is 2.28. The van der Waals surface area contributed by atoms with Crippen LogP contribution in [0, 0.1) is 0 Å². The maximum Gasteiger partial charge on any atom is 0.303 e. The quantitative estimate of drug-likeness (QED) is 0.634. The maximum atomic E-state index is 10.9. The van der Waals surface area contributed by atoms with E-state index in [1.165, 1.54) is 21.1 Å². The molecule has 1 heterocycles. The Hall–Kier alpha value is -0.690. The fraction of sp³-hybridized carbons (Fsp3) is 0.889. The van der Waals surface area contributed by atoms with Gasteiger partial charge in [0.25, 0.3) is 0 Å². The minimum atomic E-state index is -1.11. The van der Waals surface area contributed by atoms with Crippen molar-refractivity contribution >= 4 is 5.97 Å². The monoisotopic (exact) mass is 220 g/mol. The Morgan fingerprint density at radius 2 is 2.00 bits per heavy atom. The lowest BCUT2D eigenvalue weighted by Crippen LogP contribution is -2.56. The summed E-state index contributed by atoms with van der Waals surface area (Å²) < 4.78 is 20.2. The molecule has 1 aliphatic heterocycles. The van der Waals surface area contributed by atoms with Crippen LogP contribution in [0.5, 0.6) is 0 Å². The molecule has 6 heteroatoms. The number of rotatable bonds is 3. The van der Waals surface area contributed by atoms with E-state index in [1.54, 1.807) is 0 Å². The van der Waals surface area contributed by atoms with Gasteiger partial charge >= 0.3 is 5.97 Å². The number of hydrogen-bond donors (Lipinski definition) is 1. The normalized spacial score (nSPS) is 36.3. The van der Waals surface area contributed by atoms with Gasteiger partial charge in [-0.3, -0.25) is 4.79 Å². The van der Waals surface area contributed by atoms with E-state index in [-0.39, 0.29) is 6.61 Å². The summed E-state index contributed by atoms with van der Waals surface area (Å²) in [5, 5.41) is 9.47. The number of carbonyl (C=O) groups excluding carboxylic acids is 1. The molecule has 0 aromatic heterocycles. The third kappa shape index (κ3) is 2.88. The Morgan fingerprint density at radius 1 is 1.33 bits per heavy atom. The smallest absolute Gasteiger partial charge is 0.303 e. The first kappa shape index (κ1) is 12.4. The molecule has 1 fully saturated rings. The lowest BCUT2D eigenvalue weighted by Gasteiger charge is -2.38. The highest BCUT2D eigenvalue weighted by Crippen LogP contribution is 2.21. The highest BCUT2D eigenvalue weighted by Gasteiger charge is 2.42. The largest absolute Gasteiger partial charge is 0.457 e. The van der Waals surface area contributed by atoms with Gasteiger partial charge < -0.3 is 24.1 Å². The molecule has 1 saturated heterocycles. The SMILES string of the molecule is CO[C@@H]1[C@@H](OC(C)=O)[C@H](OC)CO[C@@H]1O. The predicted octanol–water partition coefficient (Wildman–Crippen LogP) is -0.703. The molecular weight excluding hydrogens is 204 g/mol. The Labute approximate surface area is 88.1 Å². The highest BCUT2D eigenvalue weighted by atomic mass is 16.7. The second-order valence-corrected chi connectivity index (χ2v) is 3.27. The van der Waals surface area contributed by atoms with E-state index in [4.69, 9.17) is 18.9 Å². The number of esters is 1. The average molecular weight is 220 g/mol. The van der Waals surface area contributed by atoms with Crippen LogP contribution in [0.1, 0.15) is 6.92 Å². The van der Waals surface area contributed by atoms with Crippen molar-refractivity contribution in [3.63, 3.8) is 0 Å². The van der Waals surface area contributed by atoms with Crippen LogP contribution in [0.2, 0.25) is 0 Å². The number of aliphatic hydroxyl groups is 1. The van der Waals surface area contributed by atoms with Crippen LogP contribution in [0.25, 0.3) is 0 Å². The van der Waals surface area contributed by atoms with Crippen molar-refractivity contribution in [2.45, 2.75) is 31.5 Å². The van der Waals surface area contributed by atoms with Crippen molar-refractivity contribution in [3.8, 4) is 0 Å². The average Bonchev–Trinajstić information content (AvgIpc) is 2.18. The number of carbonyl (C=O) groups is 1. The Balaban J connectivity index is 2.73. The van der Waals surface area contributed by atoms with Crippen molar-refractivity contribution in [2.24, 2.45) is 0 Å². The van der Waals surface area contributed by atoms with Gasteiger partial charge in [-0.2, -0.15) is 0 Å². The summed E-state index contributed by atoms with van der Waals surface area (Å²) in [6, 6.07) is 0. The van der Waals surface area contributed by atoms with Crippen molar-refractivity contribution in [2.75, 3.05) is 20.8 Å². The summed E-state index contributed by atoms with van der Waals surface area (Å²) in [5.41, 5.74) is 0. The van der Waals surface area contributed by atoms with E-state index < -0.39 is 30.6 Å². The van der Waals surface area contributed by atoms with Crippen LogP contribution >= 0.6 is 0 Å². The molecule has 0 aromatic carbocycles. The summed E-state index contributed by atoms with van der Waals surface area (Å²) in [5.74, 6) is -0.446. The van der Waals surface area contributed by atoms with E-state index in [2.05, 4.69) is 0 Å². The zero-order valence-corrected chi connectivity index (χ0v) is 9.00. The van der Waals surface area contributed by atoms with Crippen molar-refractivity contribution < 1.29 is 28.8 Å². The number of hydrogen-bond acceptors (Lipinski definition) is 6. The van der Waals surface area contributed by atoms with Gasteiger partial charge in [0.2, 0.25) is 0 Å². The van der Waals surface area contributed by atoms with E-state index in [9.17, 15) is 9.90 Å². The van der Waals surface area contributed by atoms with Gasteiger partial charge in [0.15, 0.2) is 12.4 Å².